The molecule has 2 fully saturated rings. The summed E-state index contributed by atoms with van der Waals surface area (Å²) in [5, 5.41) is 10.6. The molecule has 2 aromatic rings. The number of halogens is 1. The zero-order valence-corrected chi connectivity index (χ0v) is 22.4. The number of fused-ring (bicyclic) bond motifs is 2. The van der Waals surface area contributed by atoms with Gasteiger partial charge in [-0.1, -0.05) is 32.1 Å². The van der Waals surface area contributed by atoms with Gasteiger partial charge in [0.05, 0.1) is 29.0 Å². The highest BCUT2D eigenvalue weighted by atomic mass is 19.1. The Labute approximate surface area is 223 Å². The molecule has 1 saturated heterocycles. The van der Waals surface area contributed by atoms with Crippen molar-refractivity contribution in [2.45, 2.75) is 69.5 Å². The summed E-state index contributed by atoms with van der Waals surface area (Å²) in [7, 11) is 3.55. The quantitative estimate of drug-likeness (QED) is 0.556. The van der Waals surface area contributed by atoms with E-state index in [1.54, 1.807) is 36.1 Å². The standard InChI is InChI=1S/C27H39FN8O2/c1-34(2)26(38)18-9-8-14-35(17-18)20-10-13-30-15-19(20)32-25(37)22-23(29)33-36-24(22)31-16-21(28)27(36)11-6-4-3-5-7-12-27/h10,13,15,18,21,31H,3-9,11-12,14,16-17H2,1-2H3,(H2,29,33)(H,32,37). The van der Waals surface area contributed by atoms with Crippen molar-refractivity contribution in [1.29, 1.82) is 0 Å². The largest absolute Gasteiger partial charge is 0.381 e. The molecule has 38 heavy (non-hydrogen) atoms. The summed E-state index contributed by atoms with van der Waals surface area (Å²) >= 11 is 0. The molecule has 0 bridgehead atoms. The molecule has 4 N–H and O–H groups in total. The lowest BCUT2D eigenvalue weighted by Crippen LogP contribution is -2.51. The number of nitrogens with zero attached hydrogens (tertiary/aromatic N) is 5. The molecule has 2 aromatic heterocycles. The molecular formula is C27H39FN8O2. The van der Waals surface area contributed by atoms with Crippen LogP contribution in [0.4, 0.5) is 27.4 Å². The number of carbonyl (C=O) groups excluding carboxylic acids is 2. The first-order valence-corrected chi connectivity index (χ1v) is 13.8. The van der Waals surface area contributed by atoms with Crippen molar-refractivity contribution < 1.29 is 14.0 Å². The number of anilines is 4. The average Bonchev–Trinajstić information content (AvgIpc) is 3.24. The molecule has 3 aliphatic rings. The zero-order valence-electron chi connectivity index (χ0n) is 22.4. The average molecular weight is 527 g/mol. The molecule has 206 valence electrons. The molecule has 1 saturated carbocycles. The van der Waals surface area contributed by atoms with Gasteiger partial charge < -0.3 is 26.2 Å². The van der Waals surface area contributed by atoms with E-state index < -0.39 is 17.6 Å². The number of nitrogen functional groups attached to an aromatic ring is 1. The first-order valence-electron chi connectivity index (χ1n) is 13.8. The van der Waals surface area contributed by atoms with Gasteiger partial charge in [0.15, 0.2) is 5.82 Å². The van der Waals surface area contributed by atoms with Crippen LogP contribution in [0.2, 0.25) is 0 Å². The van der Waals surface area contributed by atoms with Crippen molar-refractivity contribution in [2.75, 3.05) is 55.0 Å². The number of hydrogen-bond donors (Lipinski definition) is 3. The number of aromatic nitrogens is 3. The number of rotatable bonds is 4. The summed E-state index contributed by atoms with van der Waals surface area (Å²) in [5.41, 5.74) is 7.10. The fourth-order valence-electron chi connectivity index (χ4n) is 6.40. The molecule has 1 aliphatic carbocycles. The van der Waals surface area contributed by atoms with Crippen LogP contribution >= 0.6 is 0 Å². The van der Waals surface area contributed by atoms with Crippen LogP contribution in [0.5, 0.6) is 0 Å². The third-order valence-electron chi connectivity index (χ3n) is 8.41. The first-order chi connectivity index (χ1) is 18.3. The fraction of sp³-hybridized carbons (Fsp3) is 0.630. The second-order valence-corrected chi connectivity index (χ2v) is 11.1. The number of nitrogens with one attached hydrogen (secondary N) is 2. The highest BCUT2D eigenvalue weighted by Crippen LogP contribution is 2.44. The predicted molar refractivity (Wildman–Crippen MR) is 146 cm³/mol. The van der Waals surface area contributed by atoms with Crippen molar-refractivity contribution in [3.05, 3.63) is 24.0 Å². The molecule has 2 atom stereocenters. The molecule has 0 radical (unpaired) electrons. The summed E-state index contributed by atoms with van der Waals surface area (Å²) in [6.45, 7) is 1.47. The van der Waals surface area contributed by atoms with Gasteiger partial charge in [-0.3, -0.25) is 14.6 Å². The topological polar surface area (TPSA) is 121 Å². The van der Waals surface area contributed by atoms with Crippen LogP contribution in [0.25, 0.3) is 0 Å². The Bertz CT molecular complexity index is 1170. The summed E-state index contributed by atoms with van der Waals surface area (Å²) in [6.07, 6.45) is 10.4. The number of nitrogens with two attached hydrogens (primary N) is 1. The van der Waals surface area contributed by atoms with E-state index in [1.807, 2.05) is 6.07 Å². The Balaban J connectivity index is 1.42. The van der Waals surface area contributed by atoms with Gasteiger partial charge in [0.2, 0.25) is 5.91 Å². The van der Waals surface area contributed by atoms with E-state index >= 15 is 4.39 Å². The van der Waals surface area contributed by atoms with Gasteiger partial charge in [-0.25, -0.2) is 9.07 Å². The molecule has 4 heterocycles. The minimum absolute atomic E-state index is 0.0839. The van der Waals surface area contributed by atoms with Crippen LogP contribution in [0.1, 0.15) is 68.1 Å². The third kappa shape index (κ3) is 4.78. The van der Waals surface area contributed by atoms with Gasteiger partial charge in [-0.2, -0.15) is 5.10 Å². The highest BCUT2D eigenvalue weighted by Gasteiger charge is 2.47. The predicted octanol–water partition coefficient (Wildman–Crippen LogP) is 3.62. The Hall–Kier alpha value is -3.37. The summed E-state index contributed by atoms with van der Waals surface area (Å²) < 4.78 is 17.2. The van der Waals surface area contributed by atoms with Crippen molar-refractivity contribution in [3.63, 3.8) is 0 Å². The Morgan fingerprint density at radius 3 is 2.66 bits per heavy atom. The molecule has 2 aliphatic heterocycles. The lowest BCUT2D eigenvalue weighted by molar-refractivity contribution is -0.133. The number of alkyl halides is 1. The molecular weight excluding hydrogens is 487 g/mol. The van der Waals surface area contributed by atoms with E-state index in [1.165, 1.54) is 6.42 Å². The smallest absolute Gasteiger partial charge is 0.263 e. The number of carbonyl (C=O) groups is 2. The Morgan fingerprint density at radius 2 is 1.92 bits per heavy atom. The van der Waals surface area contributed by atoms with E-state index in [2.05, 4.69) is 25.6 Å². The molecule has 11 heteroatoms. The van der Waals surface area contributed by atoms with Crippen LogP contribution in [-0.2, 0) is 10.3 Å². The molecule has 5 rings (SSSR count). The van der Waals surface area contributed by atoms with E-state index in [-0.39, 0.29) is 29.8 Å². The van der Waals surface area contributed by atoms with Gasteiger partial charge in [0.1, 0.15) is 17.6 Å². The summed E-state index contributed by atoms with van der Waals surface area (Å²) in [6, 6.07) is 1.85. The van der Waals surface area contributed by atoms with Gasteiger partial charge in [0, 0.05) is 39.9 Å². The minimum Gasteiger partial charge on any atom is -0.381 e. The van der Waals surface area contributed by atoms with Gasteiger partial charge in [-0.15, -0.1) is 0 Å². The molecule has 2 unspecified atom stereocenters. The van der Waals surface area contributed by atoms with Crippen LogP contribution in [-0.4, -0.2) is 71.4 Å². The maximum absolute atomic E-state index is 15.5. The third-order valence-corrected chi connectivity index (χ3v) is 8.41. The summed E-state index contributed by atoms with van der Waals surface area (Å²) in [4.78, 5) is 34.3. The van der Waals surface area contributed by atoms with Crippen molar-refractivity contribution >= 4 is 34.8 Å². The summed E-state index contributed by atoms with van der Waals surface area (Å²) in [5.74, 6) is 0.150. The number of pyridine rings is 1. The lowest BCUT2D eigenvalue weighted by Gasteiger charge is -2.42. The van der Waals surface area contributed by atoms with Crippen molar-refractivity contribution in [2.24, 2.45) is 5.92 Å². The second kappa shape index (κ2) is 10.8. The van der Waals surface area contributed by atoms with Gasteiger partial charge >= 0.3 is 0 Å². The number of piperidine rings is 1. The maximum Gasteiger partial charge on any atom is 0.263 e. The van der Waals surface area contributed by atoms with E-state index in [4.69, 9.17) is 5.73 Å². The Morgan fingerprint density at radius 1 is 1.18 bits per heavy atom. The highest BCUT2D eigenvalue weighted by molar-refractivity contribution is 6.12. The first kappa shape index (κ1) is 26.2. The maximum atomic E-state index is 15.5. The van der Waals surface area contributed by atoms with E-state index in [0.29, 0.717) is 30.9 Å². The van der Waals surface area contributed by atoms with Gasteiger partial charge in [0.25, 0.3) is 5.91 Å². The van der Waals surface area contributed by atoms with Crippen molar-refractivity contribution in [3.8, 4) is 0 Å². The number of hydrogen-bond acceptors (Lipinski definition) is 7. The SMILES string of the molecule is CN(C)C(=O)C1CCCN(c2ccncc2NC(=O)c2c(N)nn3c2NCC(F)C32CCCCCCC2)C1. The monoisotopic (exact) mass is 526 g/mol. The van der Waals surface area contributed by atoms with Crippen LogP contribution in [0, 0.1) is 5.92 Å². The van der Waals surface area contributed by atoms with Crippen molar-refractivity contribution in [1.82, 2.24) is 19.7 Å². The van der Waals surface area contributed by atoms with Crippen LogP contribution in [0.3, 0.4) is 0 Å². The lowest BCUT2D eigenvalue weighted by atomic mass is 9.79. The molecule has 1 spiro atoms. The normalized spacial score (nSPS) is 23.1. The van der Waals surface area contributed by atoms with Crippen LogP contribution in [0.15, 0.2) is 18.5 Å². The van der Waals surface area contributed by atoms with Gasteiger partial charge in [-0.05, 0) is 31.7 Å². The Kier molecular flexibility index (Phi) is 7.45. The number of amides is 2. The molecule has 10 nitrogen and oxygen atoms in total. The molecule has 0 aromatic carbocycles. The molecule has 2 amide bonds. The minimum atomic E-state index is -1.11. The van der Waals surface area contributed by atoms with E-state index in [0.717, 1.165) is 50.8 Å². The second-order valence-electron chi connectivity index (χ2n) is 11.1. The fourth-order valence-corrected chi connectivity index (χ4v) is 6.40. The zero-order chi connectivity index (χ0) is 26.9. The van der Waals surface area contributed by atoms with E-state index in [9.17, 15) is 9.59 Å². The van der Waals surface area contributed by atoms with Crippen LogP contribution < -0.4 is 21.3 Å².